The highest BCUT2D eigenvalue weighted by molar-refractivity contribution is 14.1. The molecule has 0 bridgehead atoms. The third-order valence-electron chi connectivity index (χ3n) is 2.41. The Labute approximate surface area is 128 Å². The maximum absolute atomic E-state index is 13.5. The largest absolute Gasteiger partial charge is 0.380 e. The molecule has 94 valence electrons. The van der Waals surface area contributed by atoms with Crippen molar-refractivity contribution in [3.8, 4) is 0 Å². The summed E-state index contributed by atoms with van der Waals surface area (Å²) >= 11 is 13.9. The summed E-state index contributed by atoms with van der Waals surface area (Å²) in [6, 6.07) is 10.0. The van der Waals surface area contributed by atoms with Crippen molar-refractivity contribution in [2.75, 3.05) is 5.32 Å². The molecule has 0 fully saturated rings. The van der Waals surface area contributed by atoms with Crippen molar-refractivity contribution in [2.45, 2.75) is 6.54 Å². The highest BCUT2D eigenvalue weighted by Gasteiger charge is 2.05. The van der Waals surface area contributed by atoms with Gasteiger partial charge in [0.15, 0.2) is 0 Å². The molecule has 0 atom stereocenters. The number of hydrogen-bond donors (Lipinski definition) is 1. The quantitative estimate of drug-likeness (QED) is 0.690. The topological polar surface area (TPSA) is 12.0 Å². The highest BCUT2D eigenvalue weighted by Crippen LogP contribution is 2.23. The van der Waals surface area contributed by atoms with Crippen molar-refractivity contribution in [2.24, 2.45) is 0 Å². The molecule has 1 N–H and O–H groups in total. The van der Waals surface area contributed by atoms with Gasteiger partial charge in [-0.15, -0.1) is 0 Å². The summed E-state index contributed by atoms with van der Waals surface area (Å²) in [5.41, 5.74) is 1.45. The fourth-order valence-electron chi connectivity index (χ4n) is 1.50. The SMILES string of the molecule is Fc1ccc(Cl)cc1CNc1ccc(Cl)cc1I. The molecule has 0 aliphatic rings. The van der Waals surface area contributed by atoms with Crippen LogP contribution in [0.1, 0.15) is 5.56 Å². The summed E-state index contributed by atoms with van der Waals surface area (Å²) < 4.78 is 14.5. The van der Waals surface area contributed by atoms with Crippen molar-refractivity contribution in [3.63, 3.8) is 0 Å². The predicted octanol–water partition coefficient (Wildman–Crippen LogP) is 5.35. The lowest BCUT2D eigenvalue weighted by Gasteiger charge is -2.10. The lowest BCUT2D eigenvalue weighted by atomic mass is 10.2. The molecule has 5 heteroatoms. The summed E-state index contributed by atoms with van der Waals surface area (Å²) in [6.07, 6.45) is 0. The van der Waals surface area contributed by atoms with Gasteiger partial charge in [-0.3, -0.25) is 0 Å². The molecule has 0 saturated carbocycles. The van der Waals surface area contributed by atoms with E-state index in [-0.39, 0.29) is 5.82 Å². The van der Waals surface area contributed by atoms with Crippen molar-refractivity contribution in [1.82, 2.24) is 0 Å². The lowest BCUT2D eigenvalue weighted by Crippen LogP contribution is -2.03. The van der Waals surface area contributed by atoms with E-state index in [1.807, 2.05) is 12.1 Å². The maximum atomic E-state index is 13.5. The average Bonchev–Trinajstić information content (AvgIpc) is 2.32. The summed E-state index contributed by atoms with van der Waals surface area (Å²) in [4.78, 5) is 0. The molecule has 2 rings (SSSR count). The van der Waals surface area contributed by atoms with Crippen LogP contribution in [0.25, 0.3) is 0 Å². The van der Waals surface area contributed by atoms with E-state index in [1.165, 1.54) is 12.1 Å². The van der Waals surface area contributed by atoms with Crippen LogP contribution in [0.5, 0.6) is 0 Å². The summed E-state index contributed by atoms with van der Waals surface area (Å²) in [7, 11) is 0. The second-order valence-electron chi connectivity index (χ2n) is 3.71. The Morgan fingerprint density at radius 2 is 1.72 bits per heavy atom. The molecule has 0 aromatic heterocycles. The lowest BCUT2D eigenvalue weighted by molar-refractivity contribution is 0.613. The van der Waals surface area contributed by atoms with Gasteiger partial charge in [0.05, 0.1) is 0 Å². The van der Waals surface area contributed by atoms with E-state index in [2.05, 4.69) is 27.9 Å². The molecule has 0 amide bonds. The van der Waals surface area contributed by atoms with Gasteiger partial charge in [-0.25, -0.2) is 4.39 Å². The molecule has 1 nitrogen and oxygen atoms in total. The van der Waals surface area contributed by atoms with Gasteiger partial charge in [-0.2, -0.15) is 0 Å². The molecule has 0 aliphatic carbocycles. The van der Waals surface area contributed by atoms with Gasteiger partial charge in [0, 0.05) is 31.4 Å². The van der Waals surface area contributed by atoms with Gasteiger partial charge < -0.3 is 5.32 Å². The van der Waals surface area contributed by atoms with E-state index in [1.54, 1.807) is 12.1 Å². The second-order valence-corrected chi connectivity index (χ2v) is 5.75. The Morgan fingerprint density at radius 1 is 1.06 bits per heavy atom. The van der Waals surface area contributed by atoms with Crippen LogP contribution in [0, 0.1) is 9.39 Å². The van der Waals surface area contributed by atoms with E-state index in [0.717, 1.165) is 9.26 Å². The molecule has 0 unspecified atom stereocenters. The van der Waals surface area contributed by atoms with E-state index >= 15 is 0 Å². The normalized spacial score (nSPS) is 10.4. The van der Waals surface area contributed by atoms with Gasteiger partial charge in [-0.1, -0.05) is 23.2 Å². The molecule has 2 aromatic carbocycles. The van der Waals surface area contributed by atoms with Crippen LogP contribution >= 0.6 is 45.8 Å². The minimum Gasteiger partial charge on any atom is -0.380 e. The first-order valence-corrected chi connectivity index (χ1v) is 7.02. The zero-order valence-electron chi connectivity index (χ0n) is 9.18. The zero-order chi connectivity index (χ0) is 13.1. The number of halogens is 4. The van der Waals surface area contributed by atoms with Crippen LogP contribution in [0.3, 0.4) is 0 Å². The summed E-state index contributed by atoms with van der Waals surface area (Å²) in [5, 5.41) is 4.37. The fourth-order valence-corrected chi connectivity index (χ4v) is 2.76. The standard InChI is InChI=1S/C13H9Cl2FIN/c14-9-1-3-11(16)8(5-9)7-18-13-4-2-10(15)6-12(13)17/h1-6,18H,7H2. The monoisotopic (exact) mass is 395 g/mol. The molecule has 0 heterocycles. The Bertz CT molecular complexity index is 575. The summed E-state index contributed by atoms with van der Waals surface area (Å²) in [5.74, 6) is -0.268. The van der Waals surface area contributed by atoms with Gasteiger partial charge >= 0.3 is 0 Å². The smallest absolute Gasteiger partial charge is 0.128 e. The minimum absolute atomic E-state index is 0.268. The number of rotatable bonds is 3. The highest BCUT2D eigenvalue weighted by atomic mass is 127. The first kappa shape index (κ1) is 13.9. The number of nitrogens with one attached hydrogen (secondary N) is 1. The zero-order valence-corrected chi connectivity index (χ0v) is 12.9. The van der Waals surface area contributed by atoms with E-state index in [4.69, 9.17) is 23.2 Å². The third kappa shape index (κ3) is 3.49. The van der Waals surface area contributed by atoms with E-state index in [9.17, 15) is 4.39 Å². The van der Waals surface area contributed by atoms with Crippen LogP contribution in [-0.2, 0) is 6.54 Å². The molecule has 18 heavy (non-hydrogen) atoms. The Kier molecular flexibility index (Phi) is 4.70. The molecule has 0 aliphatic heterocycles. The molecule has 2 aromatic rings. The molecular weight excluding hydrogens is 387 g/mol. The van der Waals surface area contributed by atoms with Crippen LogP contribution in [0.4, 0.5) is 10.1 Å². The first-order valence-electron chi connectivity index (χ1n) is 5.19. The number of benzene rings is 2. The fraction of sp³-hybridized carbons (Fsp3) is 0.0769. The molecule has 0 spiro atoms. The summed E-state index contributed by atoms with van der Waals surface area (Å²) in [6.45, 7) is 0.379. The Balaban J connectivity index is 2.13. The van der Waals surface area contributed by atoms with Crippen LogP contribution < -0.4 is 5.32 Å². The molecule has 0 radical (unpaired) electrons. The van der Waals surface area contributed by atoms with Crippen LogP contribution in [0.2, 0.25) is 10.0 Å². The maximum Gasteiger partial charge on any atom is 0.128 e. The van der Waals surface area contributed by atoms with Gasteiger partial charge in [0.1, 0.15) is 5.82 Å². The predicted molar refractivity (Wildman–Crippen MR) is 82.9 cm³/mol. The molecular formula is C13H9Cl2FIN. The van der Waals surface area contributed by atoms with Gasteiger partial charge in [0.25, 0.3) is 0 Å². The van der Waals surface area contributed by atoms with Gasteiger partial charge in [-0.05, 0) is 59.0 Å². The van der Waals surface area contributed by atoms with Gasteiger partial charge in [0.2, 0.25) is 0 Å². The Hall–Kier alpha value is -0.520. The third-order valence-corrected chi connectivity index (χ3v) is 3.77. The van der Waals surface area contributed by atoms with Crippen LogP contribution in [0.15, 0.2) is 36.4 Å². The molecule has 0 saturated heterocycles. The minimum atomic E-state index is -0.268. The number of anilines is 1. The number of hydrogen-bond acceptors (Lipinski definition) is 1. The second kappa shape index (κ2) is 6.08. The first-order chi connectivity index (χ1) is 8.56. The average molecular weight is 396 g/mol. The van der Waals surface area contributed by atoms with E-state index < -0.39 is 0 Å². The van der Waals surface area contributed by atoms with Crippen molar-refractivity contribution >= 4 is 51.5 Å². The van der Waals surface area contributed by atoms with Crippen molar-refractivity contribution < 1.29 is 4.39 Å². The van der Waals surface area contributed by atoms with Crippen molar-refractivity contribution in [1.29, 1.82) is 0 Å². The van der Waals surface area contributed by atoms with Crippen LogP contribution in [-0.4, -0.2) is 0 Å². The van der Waals surface area contributed by atoms with Crippen molar-refractivity contribution in [3.05, 3.63) is 61.4 Å². The van der Waals surface area contributed by atoms with E-state index in [0.29, 0.717) is 22.2 Å². The Morgan fingerprint density at radius 3 is 2.44 bits per heavy atom.